The maximum absolute atomic E-state index is 11.0. The molecule has 0 spiro atoms. The zero-order valence-corrected chi connectivity index (χ0v) is 10.8. The van der Waals surface area contributed by atoms with E-state index < -0.39 is 0 Å². The van der Waals surface area contributed by atoms with E-state index in [9.17, 15) is 4.79 Å². The van der Waals surface area contributed by atoms with Crippen molar-refractivity contribution in [2.45, 2.75) is 0 Å². The summed E-state index contributed by atoms with van der Waals surface area (Å²) in [5.41, 5.74) is 8.74. The lowest BCUT2D eigenvalue weighted by Crippen LogP contribution is -2.01. The van der Waals surface area contributed by atoms with Crippen molar-refractivity contribution in [1.29, 1.82) is 0 Å². The van der Waals surface area contributed by atoms with E-state index in [1.165, 1.54) is 6.07 Å². The van der Waals surface area contributed by atoms with Gasteiger partial charge >= 0.3 is 0 Å². The van der Waals surface area contributed by atoms with E-state index in [0.717, 1.165) is 21.1 Å². The van der Waals surface area contributed by atoms with Crippen molar-refractivity contribution in [3.05, 3.63) is 45.3 Å². The first-order valence-corrected chi connectivity index (χ1v) is 6.06. The van der Waals surface area contributed by atoms with Gasteiger partial charge in [-0.3, -0.25) is 4.79 Å². The summed E-state index contributed by atoms with van der Waals surface area (Å²) in [6, 6.07) is 6.89. The number of hydrogen-bond donors (Lipinski definition) is 3. The van der Waals surface area contributed by atoms with Gasteiger partial charge in [0.1, 0.15) is 11.3 Å². The van der Waals surface area contributed by atoms with Gasteiger partial charge in [0.05, 0.1) is 11.2 Å². The number of nitrogens with two attached hydrogens (primary N) is 1. The standard InChI is InChI=1S/C12H9BrN4O/c13-7-3-8(14)11-9(4-7)16-12(17-11)6-1-2-10(18)15-5-6/h1-5H,14H2,(H,15,18)(H,16,17). The van der Waals surface area contributed by atoms with Crippen LogP contribution in [-0.4, -0.2) is 15.0 Å². The second-order valence-electron chi connectivity index (χ2n) is 3.92. The summed E-state index contributed by atoms with van der Waals surface area (Å²) in [5.74, 6) is 0.672. The third-order valence-electron chi connectivity index (χ3n) is 2.64. The maximum Gasteiger partial charge on any atom is 0.247 e. The first-order chi connectivity index (χ1) is 8.63. The number of fused-ring (bicyclic) bond motifs is 1. The van der Waals surface area contributed by atoms with Gasteiger partial charge in [-0.2, -0.15) is 0 Å². The number of hydrogen-bond acceptors (Lipinski definition) is 3. The number of nitrogens with one attached hydrogen (secondary N) is 2. The number of nitrogens with zero attached hydrogens (tertiary/aromatic N) is 1. The summed E-state index contributed by atoms with van der Waals surface area (Å²) in [4.78, 5) is 21.2. The molecule has 0 fully saturated rings. The molecule has 6 heteroatoms. The molecule has 0 saturated carbocycles. The van der Waals surface area contributed by atoms with Gasteiger partial charge in [0.25, 0.3) is 0 Å². The Morgan fingerprint density at radius 2 is 2.11 bits per heavy atom. The van der Waals surface area contributed by atoms with Crippen molar-refractivity contribution in [1.82, 2.24) is 15.0 Å². The summed E-state index contributed by atoms with van der Waals surface area (Å²) in [5, 5.41) is 0. The minimum absolute atomic E-state index is 0.142. The molecule has 4 N–H and O–H groups in total. The zero-order chi connectivity index (χ0) is 12.7. The number of aromatic amines is 2. The lowest BCUT2D eigenvalue weighted by atomic mass is 10.3. The van der Waals surface area contributed by atoms with Crippen LogP contribution in [0.4, 0.5) is 5.69 Å². The molecular weight excluding hydrogens is 296 g/mol. The average molecular weight is 305 g/mol. The Balaban J connectivity index is 2.22. The summed E-state index contributed by atoms with van der Waals surface area (Å²) < 4.78 is 0.893. The van der Waals surface area contributed by atoms with Crippen molar-refractivity contribution in [3.8, 4) is 11.4 Å². The van der Waals surface area contributed by atoms with Gasteiger partial charge in [0.15, 0.2) is 0 Å². The van der Waals surface area contributed by atoms with Gasteiger partial charge in [-0.05, 0) is 18.2 Å². The third-order valence-corrected chi connectivity index (χ3v) is 3.10. The number of rotatable bonds is 1. The van der Waals surface area contributed by atoms with E-state index >= 15 is 0 Å². The Kier molecular flexibility index (Phi) is 2.45. The largest absolute Gasteiger partial charge is 0.397 e. The average Bonchev–Trinajstić information content (AvgIpc) is 2.74. The van der Waals surface area contributed by atoms with Crippen molar-refractivity contribution in [2.75, 3.05) is 5.73 Å². The Bertz CT molecular complexity index is 770. The number of aromatic nitrogens is 3. The second kappa shape index (κ2) is 3.99. The fraction of sp³-hybridized carbons (Fsp3) is 0. The molecule has 3 aromatic rings. The van der Waals surface area contributed by atoms with Crippen LogP contribution in [0.25, 0.3) is 22.4 Å². The van der Waals surface area contributed by atoms with E-state index in [4.69, 9.17) is 5.73 Å². The number of pyridine rings is 1. The summed E-state index contributed by atoms with van der Waals surface area (Å²) >= 11 is 3.38. The second-order valence-corrected chi connectivity index (χ2v) is 4.83. The summed E-state index contributed by atoms with van der Waals surface area (Å²) in [6.07, 6.45) is 1.62. The molecule has 90 valence electrons. The van der Waals surface area contributed by atoms with E-state index in [1.807, 2.05) is 6.07 Å². The highest BCUT2D eigenvalue weighted by atomic mass is 79.9. The van der Waals surface area contributed by atoms with Crippen LogP contribution in [0.1, 0.15) is 0 Å². The van der Waals surface area contributed by atoms with Crippen LogP contribution < -0.4 is 11.3 Å². The number of nitrogen functional groups attached to an aromatic ring is 1. The molecule has 3 rings (SSSR count). The monoisotopic (exact) mass is 304 g/mol. The normalized spacial score (nSPS) is 10.9. The number of H-pyrrole nitrogens is 2. The predicted octanol–water partition coefficient (Wildman–Crippen LogP) is 2.26. The Hall–Kier alpha value is -2.08. The molecule has 0 radical (unpaired) electrons. The fourth-order valence-corrected chi connectivity index (χ4v) is 2.28. The lowest BCUT2D eigenvalue weighted by molar-refractivity contribution is 1.22. The first kappa shape index (κ1) is 11.0. The van der Waals surface area contributed by atoms with Crippen LogP contribution in [0.3, 0.4) is 0 Å². The molecule has 2 heterocycles. The highest BCUT2D eigenvalue weighted by molar-refractivity contribution is 9.10. The molecule has 2 aromatic heterocycles. The molecule has 18 heavy (non-hydrogen) atoms. The van der Waals surface area contributed by atoms with E-state index in [-0.39, 0.29) is 5.56 Å². The molecule has 0 aliphatic heterocycles. The summed E-state index contributed by atoms with van der Waals surface area (Å²) in [6.45, 7) is 0. The van der Waals surface area contributed by atoms with Crippen LogP contribution in [0, 0.1) is 0 Å². The first-order valence-electron chi connectivity index (χ1n) is 5.27. The van der Waals surface area contributed by atoms with Crippen LogP contribution in [0.15, 0.2) is 39.7 Å². The molecule has 0 bridgehead atoms. The lowest BCUT2D eigenvalue weighted by Gasteiger charge is -1.94. The number of imidazole rings is 1. The molecule has 0 saturated heterocycles. The molecule has 0 aliphatic rings. The summed E-state index contributed by atoms with van der Waals surface area (Å²) in [7, 11) is 0. The van der Waals surface area contributed by atoms with Gasteiger partial charge in [-0.1, -0.05) is 15.9 Å². The molecule has 1 aromatic carbocycles. The topological polar surface area (TPSA) is 87.6 Å². The molecule has 0 unspecified atom stereocenters. The fourth-order valence-electron chi connectivity index (χ4n) is 1.80. The van der Waals surface area contributed by atoms with Crippen molar-refractivity contribution >= 4 is 32.7 Å². The maximum atomic E-state index is 11.0. The van der Waals surface area contributed by atoms with Crippen LogP contribution in [0.2, 0.25) is 0 Å². The molecular formula is C12H9BrN4O. The van der Waals surface area contributed by atoms with Crippen LogP contribution in [0.5, 0.6) is 0 Å². The highest BCUT2D eigenvalue weighted by Crippen LogP contribution is 2.27. The van der Waals surface area contributed by atoms with Crippen molar-refractivity contribution < 1.29 is 0 Å². The minimum Gasteiger partial charge on any atom is -0.397 e. The Morgan fingerprint density at radius 3 is 2.83 bits per heavy atom. The molecule has 5 nitrogen and oxygen atoms in total. The van der Waals surface area contributed by atoms with Gasteiger partial charge in [0, 0.05) is 22.3 Å². The van der Waals surface area contributed by atoms with Crippen LogP contribution in [-0.2, 0) is 0 Å². The van der Waals surface area contributed by atoms with Gasteiger partial charge in [-0.15, -0.1) is 0 Å². The number of halogens is 1. The zero-order valence-electron chi connectivity index (χ0n) is 9.20. The number of benzene rings is 1. The van der Waals surface area contributed by atoms with Gasteiger partial charge < -0.3 is 15.7 Å². The Labute approximate surface area is 110 Å². The quantitative estimate of drug-likeness (QED) is 0.603. The van der Waals surface area contributed by atoms with Gasteiger partial charge in [-0.25, -0.2) is 4.98 Å². The number of anilines is 1. The molecule has 0 atom stereocenters. The molecule has 0 amide bonds. The Morgan fingerprint density at radius 1 is 1.28 bits per heavy atom. The predicted molar refractivity (Wildman–Crippen MR) is 74.3 cm³/mol. The third kappa shape index (κ3) is 1.80. The van der Waals surface area contributed by atoms with E-state index in [1.54, 1.807) is 18.3 Å². The van der Waals surface area contributed by atoms with Crippen LogP contribution >= 0.6 is 15.9 Å². The van der Waals surface area contributed by atoms with Crippen molar-refractivity contribution in [2.24, 2.45) is 0 Å². The SMILES string of the molecule is Nc1cc(Br)cc2[nH]c(-c3ccc(=O)[nH]c3)nc12. The smallest absolute Gasteiger partial charge is 0.247 e. The van der Waals surface area contributed by atoms with E-state index in [2.05, 4.69) is 30.9 Å². The minimum atomic E-state index is -0.142. The highest BCUT2D eigenvalue weighted by Gasteiger charge is 2.08. The van der Waals surface area contributed by atoms with Crippen molar-refractivity contribution in [3.63, 3.8) is 0 Å². The van der Waals surface area contributed by atoms with Gasteiger partial charge in [0.2, 0.25) is 5.56 Å². The van der Waals surface area contributed by atoms with E-state index in [0.29, 0.717) is 11.5 Å². The molecule has 0 aliphatic carbocycles.